The van der Waals surface area contributed by atoms with Crippen LogP contribution in [0.3, 0.4) is 0 Å². The van der Waals surface area contributed by atoms with Crippen molar-refractivity contribution in [3.63, 3.8) is 0 Å². The van der Waals surface area contributed by atoms with Crippen molar-refractivity contribution < 1.29 is 39.1 Å². The van der Waals surface area contributed by atoms with Crippen LogP contribution in [0.4, 0.5) is 0 Å². The molecule has 0 bridgehead atoms. The van der Waals surface area contributed by atoms with Gasteiger partial charge in [0, 0.05) is 39.5 Å². The molecule has 1 saturated heterocycles. The second-order valence-corrected chi connectivity index (χ2v) is 12.1. The summed E-state index contributed by atoms with van der Waals surface area (Å²) in [6, 6.07) is 15.0. The Morgan fingerprint density at radius 2 is 1.85 bits per heavy atom. The fraction of sp³-hybridized carbons (Fsp3) is 0.467. The first-order valence-electron chi connectivity index (χ1n) is 13.4. The Kier molecular flexibility index (Phi) is 9.22. The molecule has 5 rings (SSSR count). The van der Waals surface area contributed by atoms with Crippen LogP contribution in [0.25, 0.3) is 10.1 Å². The summed E-state index contributed by atoms with van der Waals surface area (Å²) >= 11 is 1.89. The van der Waals surface area contributed by atoms with E-state index in [2.05, 4.69) is 49.9 Å². The van der Waals surface area contributed by atoms with E-state index in [0.717, 1.165) is 43.1 Å². The largest absolute Gasteiger partial charge is 0.496 e. The van der Waals surface area contributed by atoms with Gasteiger partial charge < -0.3 is 29.5 Å². The molecule has 3 atom stereocenters. The number of nitrogens with zero attached hydrogens (tertiary/aromatic N) is 1. The lowest BCUT2D eigenvalue weighted by molar-refractivity contribution is -0.159. The molecule has 2 aliphatic rings. The number of aliphatic hydroxyl groups is 1. The predicted octanol–water partition coefficient (Wildman–Crippen LogP) is 4.79. The van der Waals surface area contributed by atoms with Gasteiger partial charge in [-0.2, -0.15) is 0 Å². The molecule has 3 heterocycles. The van der Waals surface area contributed by atoms with Crippen LogP contribution in [0.5, 0.6) is 17.2 Å². The van der Waals surface area contributed by atoms with Crippen molar-refractivity contribution in [2.24, 2.45) is 0 Å². The second-order valence-electron chi connectivity index (χ2n) is 10.9. The van der Waals surface area contributed by atoms with E-state index in [9.17, 15) is 5.11 Å². The van der Waals surface area contributed by atoms with Gasteiger partial charge in [0.2, 0.25) is 0 Å². The highest BCUT2D eigenvalue weighted by atomic mass is 32.1. The zero-order valence-electron chi connectivity index (χ0n) is 23.3. The number of benzene rings is 2. The number of carboxylic acid groups (broad SMARTS) is 2. The Morgan fingerprint density at radius 3 is 2.52 bits per heavy atom. The summed E-state index contributed by atoms with van der Waals surface area (Å²) < 4.78 is 18.9. The van der Waals surface area contributed by atoms with Gasteiger partial charge in [0.25, 0.3) is 0 Å². The van der Waals surface area contributed by atoms with Crippen molar-refractivity contribution >= 4 is 33.4 Å². The lowest BCUT2D eigenvalue weighted by atomic mass is 9.90. The van der Waals surface area contributed by atoms with Gasteiger partial charge in [0.1, 0.15) is 24.1 Å². The van der Waals surface area contributed by atoms with Gasteiger partial charge in [0.05, 0.1) is 7.11 Å². The normalized spacial score (nSPS) is 20.5. The number of rotatable bonds is 7. The molecule has 1 aromatic heterocycles. The highest BCUT2D eigenvalue weighted by molar-refractivity contribution is 7.19. The molecule has 10 heteroatoms. The van der Waals surface area contributed by atoms with E-state index in [4.69, 9.17) is 34.0 Å². The monoisotopic (exact) mass is 571 g/mol. The van der Waals surface area contributed by atoms with Crippen LogP contribution >= 0.6 is 11.3 Å². The molecule has 0 radical (unpaired) electrons. The molecule has 0 spiro atoms. The third-order valence-electron chi connectivity index (χ3n) is 7.29. The molecule has 2 aromatic carbocycles. The summed E-state index contributed by atoms with van der Waals surface area (Å²) in [6.45, 7) is 8.32. The lowest BCUT2D eigenvalue weighted by Crippen LogP contribution is -2.45. The van der Waals surface area contributed by atoms with Crippen molar-refractivity contribution in [1.29, 1.82) is 0 Å². The fourth-order valence-electron chi connectivity index (χ4n) is 5.39. The number of carbonyl (C=O) groups is 2. The minimum atomic E-state index is -1.82. The van der Waals surface area contributed by atoms with Crippen LogP contribution < -0.4 is 14.2 Å². The maximum Gasteiger partial charge on any atom is 0.414 e. The van der Waals surface area contributed by atoms with Gasteiger partial charge in [-0.25, -0.2) is 9.59 Å². The van der Waals surface area contributed by atoms with Crippen molar-refractivity contribution in [3.05, 3.63) is 52.9 Å². The Balaban J connectivity index is 0.000000557. The number of β-amino-alcohol motifs (C(OH)–C–C–N with tert-alkyl or cyclic N) is 1. The van der Waals surface area contributed by atoms with Crippen LogP contribution in [0.1, 0.15) is 50.0 Å². The van der Waals surface area contributed by atoms with E-state index in [0.29, 0.717) is 18.5 Å². The van der Waals surface area contributed by atoms with Crippen molar-refractivity contribution in [2.75, 3.05) is 26.8 Å². The molecule has 216 valence electrons. The van der Waals surface area contributed by atoms with Gasteiger partial charge in [-0.3, -0.25) is 4.90 Å². The number of hydrogen-bond acceptors (Lipinski definition) is 8. The standard InChI is InChI=1S/C28H35NO4S.C2H2O4/c1-18-13-19(26-14-22-23(31-4)8-6-10-25(22)34-26)11-12-29(18)16-21(30)17-32-24-9-5-7-20-15-28(2,3)33-27(20)24;3-1(4)2(5)6/h5-10,14,18-19,21,30H,11-13,15-17H2,1-4H3;(H,3,4)(H,5,6)/t18-,19+,21-;/m0./s1. The Bertz CT molecular complexity index is 1340. The van der Waals surface area contributed by atoms with Crippen molar-refractivity contribution in [2.45, 2.75) is 63.7 Å². The van der Waals surface area contributed by atoms with Gasteiger partial charge in [-0.05, 0) is 70.3 Å². The zero-order valence-corrected chi connectivity index (χ0v) is 24.1. The number of aliphatic carboxylic acids is 2. The third-order valence-corrected chi connectivity index (χ3v) is 8.55. The van der Waals surface area contributed by atoms with E-state index in [1.165, 1.54) is 20.5 Å². The molecule has 0 aliphatic carbocycles. The number of thiophene rings is 1. The number of fused-ring (bicyclic) bond motifs is 2. The Hall–Kier alpha value is -3.34. The smallest absolute Gasteiger partial charge is 0.414 e. The number of methoxy groups -OCH3 is 1. The topological polar surface area (TPSA) is 126 Å². The van der Waals surface area contributed by atoms with Crippen molar-refractivity contribution in [3.8, 4) is 17.2 Å². The molecular weight excluding hydrogens is 534 g/mol. The molecule has 3 aromatic rings. The number of hydrogen-bond donors (Lipinski definition) is 3. The van der Waals surface area contributed by atoms with Gasteiger partial charge in [-0.1, -0.05) is 18.2 Å². The van der Waals surface area contributed by atoms with Gasteiger partial charge >= 0.3 is 11.9 Å². The van der Waals surface area contributed by atoms with E-state index < -0.39 is 18.0 Å². The van der Waals surface area contributed by atoms with Gasteiger partial charge in [-0.15, -0.1) is 11.3 Å². The first-order valence-corrected chi connectivity index (χ1v) is 14.2. The molecule has 0 saturated carbocycles. The Labute approximate surface area is 237 Å². The molecule has 3 N–H and O–H groups in total. The highest BCUT2D eigenvalue weighted by Gasteiger charge is 2.33. The number of para-hydroxylation sites is 1. The molecule has 1 fully saturated rings. The van der Waals surface area contributed by atoms with Crippen molar-refractivity contribution in [1.82, 2.24) is 4.90 Å². The number of ether oxygens (including phenoxy) is 3. The minimum absolute atomic E-state index is 0.209. The first kappa shape index (κ1) is 29.6. The molecule has 40 heavy (non-hydrogen) atoms. The summed E-state index contributed by atoms with van der Waals surface area (Å²) in [4.78, 5) is 22.0. The van der Waals surface area contributed by atoms with Gasteiger partial charge in [0.15, 0.2) is 11.5 Å². The molecule has 0 unspecified atom stereocenters. The Morgan fingerprint density at radius 1 is 1.15 bits per heavy atom. The van der Waals surface area contributed by atoms with E-state index in [1.807, 2.05) is 29.5 Å². The molecule has 0 amide bonds. The van der Waals surface area contributed by atoms with Crippen LogP contribution in [0, 0.1) is 0 Å². The van der Waals surface area contributed by atoms with Crippen LogP contribution in [0.2, 0.25) is 0 Å². The highest BCUT2D eigenvalue weighted by Crippen LogP contribution is 2.42. The zero-order chi connectivity index (χ0) is 29.0. The first-order chi connectivity index (χ1) is 19.0. The second kappa shape index (κ2) is 12.4. The minimum Gasteiger partial charge on any atom is -0.496 e. The van der Waals surface area contributed by atoms with E-state index in [-0.39, 0.29) is 12.2 Å². The predicted molar refractivity (Wildman–Crippen MR) is 153 cm³/mol. The van der Waals surface area contributed by atoms with E-state index in [1.54, 1.807) is 7.11 Å². The van der Waals surface area contributed by atoms with E-state index >= 15 is 0 Å². The maximum absolute atomic E-state index is 10.7. The molecule has 9 nitrogen and oxygen atoms in total. The lowest BCUT2D eigenvalue weighted by Gasteiger charge is -2.38. The maximum atomic E-state index is 10.7. The third kappa shape index (κ3) is 7.04. The number of aliphatic hydroxyl groups excluding tert-OH is 1. The summed E-state index contributed by atoms with van der Waals surface area (Å²) in [5.74, 6) is -0.589. The number of likely N-dealkylation sites (tertiary alicyclic amines) is 1. The average Bonchev–Trinajstić information content (AvgIpc) is 3.48. The quantitative estimate of drug-likeness (QED) is 0.343. The van der Waals surface area contributed by atoms with Crippen LogP contribution in [0.15, 0.2) is 42.5 Å². The number of carboxylic acids is 2. The average molecular weight is 572 g/mol. The fourth-order valence-corrected chi connectivity index (χ4v) is 6.62. The summed E-state index contributed by atoms with van der Waals surface area (Å²) in [5.41, 5.74) is 0.964. The summed E-state index contributed by atoms with van der Waals surface area (Å²) in [5, 5.41) is 26.7. The van der Waals surface area contributed by atoms with Crippen LogP contribution in [-0.4, -0.2) is 76.7 Å². The summed E-state index contributed by atoms with van der Waals surface area (Å²) in [7, 11) is 1.74. The molecular formula is C30H37NO8S. The molecule has 2 aliphatic heterocycles. The SMILES string of the molecule is COc1cccc2sc([C@@H]3CCN(C[C@H](O)COc4cccc5c4OC(C)(C)C5)[C@@H](C)C3)cc12.O=C(O)C(=O)O. The summed E-state index contributed by atoms with van der Waals surface area (Å²) in [6.07, 6.45) is 2.53. The van der Waals surface area contributed by atoms with Crippen LogP contribution in [-0.2, 0) is 16.0 Å². The number of piperidine rings is 1.